The summed E-state index contributed by atoms with van der Waals surface area (Å²) in [5, 5.41) is 10.0. The molecule has 1 aliphatic carbocycles. The first-order valence-corrected chi connectivity index (χ1v) is 6.18. The molecule has 0 bridgehead atoms. The highest BCUT2D eigenvalue weighted by Gasteiger charge is 2.55. The van der Waals surface area contributed by atoms with Gasteiger partial charge in [-0.1, -0.05) is 30.3 Å². The van der Waals surface area contributed by atoms with Gasteiger partial charge in [-0.25, -0.2) is 0 Å². The van der Waals surface area contributed by atoms with Crippen molar-refractivity contribution in [2.45, 2.75) is 31.9 Å². The third-order valence-corrected chi connectivity index (χ3v) is 4.35. The maximum absolute atomic E-state index is 10.0. The number of hydrogen-bond acceptors (Lipinski definition) is 2. The average Bonchev–Trinajstić information content (AvgIpc) is 3.01. The van der Waals surface area contributed by atoms with Gasteiger partial charge < -0.3 is 5.11 Å². The highest BCUT2D eigenvalue weighted by atomic mass is 16.3. The van der Waals surface area contributed by atoms with Crippen LogP contribution in [0.1, 0.15) is 31.4 Å². The molecule has 16 heavy (non-hydrogen) atoms. The van der Waals surface area contributed by atoms with Gasteiger partial charge in [-0.15, -0.1) is 0 Å². The van der Waals surface area contributed by atoms with Gasteiger partial charge in [0.1, 0.15) is 0 Å². The van der Waals surface area contributed by atoms with E-state index in [0.717, 1.165) is 13.1 Å². The SMILES string of the molecule is C[C@H](c1ccccc1)N1CC(O)C2(CC2)C1. The summed E-state index contributed by atoms with van der Waals surface area (Å²) in [7, 11) is 0. The molecule has 86 valence electrons. The number of nitrogens with zero attached hydrogens (tertiary/aromatic N) is 1. The third-order valence-electron chi connectivity index (χ3n) is 4.35. The lowest BCUT2D eigenvalue weighted by molar-refractivity contribution is 0.128. The summed E-state index contributed by atoms with van der Waals surface area (Å²) in [4.78, 5) is 2.42. The van der Waals surface area contributed by atoms with Crippen LogP contribution in [0, 0.1) is 5.41 Å². The van der Waals surface area contributed by atoms with Gasteiger partial charge in [0, 0.05) is 24.5 Å². The molecule has 2 nitrogen and oxygen atoms in total. The van der Waals surface area contributed by atoms with E-state index < -0.39 is 0 Å². The van der Waals surface area contributed by atoms with Gasteiger partial charge in [0.25, 0.3) is 0 Å². The fourth-order valence-electron chi connectivity index (χ4n) is 2.88. The van der Waals surface area contributed by atoms with E-state index in [1.165, 1.54) is 18.4 Å². The van der Waals surface area contributed by atoms with Gasteiger partial charge in [-0.05, 0) is 25.3 Å². The molecule has 1 unspecified atom stereocenters. The van der Waals surface area contributed by atoms with E-state index >= 15 is 0 Å². The fraction of sp³-hybridized carbons (Fsp3) is 0.571. The lowest BCUT2D eigenvalue weighted by Crippen LogP contribution is -2.25. The van der Waals surface area contributed by atoms with Crippen molar-refractivity contribution in [1.29, 1.82) is 0 Å². The van der Waals surface area contributed by atoms with Crippen LogP contribution < -0.4 is 0 Å². The van der Waals surface area contributed by atoms with Crippen LogP contribution in [0.2, 0.25) is 0 Å². The number of aliphatic hydroxyl groups excluding tert-OH is 1. The molecule has 1 aliphatic heterocycles. The highest BCUT2D eigenvalue weighted by molar-refractivity contribution is 5.20. The molecule has 2 heteroatoms. The van der Waals surface area contributed by atoms with Crippen LogP contribution in [0.25, 0.3) is 0 Å². The zero-order valence-corrected chi connectivity index (χ0v) is 9.76. The second-order valence-corrected chi connectivity index (χ2v) is 5.39. The smallest absolute Gasteiger partial charge is 0.0735 e. The van der Waals surface area contributed by atoms with E-state index in [2.05, 4.69) is 42.2 Å². The Bertz CT molecular complexity index is 372. The lowest BCUT2D eigenvalue weighted by atomic mass is 10.0. The van der Waals surface area contributed by atoms with Crippen molar-refractivity contribution in [2.75, 3.05) is 13.1 Å². The summed E-state index contributed by atoms with van der Waals surface area (Å²) in [6, 6.07) is 11.0. The minimum atomic E-state index is -0.0985. The first kappa shape index (κ1) is 10.3. The molecule has 1 N–H and O–H groups in total. The van der Waals surface area contributed by atoms with E-state index in [1.807, 2.05) is 0 Å². The van der Waals surface area contributed by atoms with Crippen LogP contribution in [0.15, 0.2) is 30.3 Å². The van der Waals surface area contributed by atoms with Crippen molar-refractivity contribution < 1.29 is 5.11 Å². The summed E-state index contributed by atoms with van der Waals surface area (Å²) >= 11 is 0. The number of β-amino-alcohol motifs (C(OH)–C–C–N with tert-alkyl or cyclic N) is 1. The van der Waals surface area contributed by atoms with Gasteiger partial charge in [0.15, 0.2) is 0 Å². The van der Waals surface area contributed by atoms with Gasteiger partial charge in [-0.3, -0.25) is 4.90 Å². The summed E-state index contributed by atoms with van der Waals surface area (Å²) < 4.78 is 0. The van der Waals surface area contributed by atoms with Crippen LogP contribution >= 0.6 is 0 Å². The molecular weight excluding hydrogens is 198 g/mol. The molecule has 1 saturated heterocycles. The number of rotatable bonds is 2. The van der Waals surface area contributed by atoms with Gasteiger partial charge in [-0.2, -0.15) is 0 Å². The van der Waals surface area contributed by atoms with E-state index in [1.54, 1.807) is 0 Å². The molecule has 1 spiro atoms. The molecule has 1 saturated carbocycles. The predicted octanol–water partition coefficient (Wildman–Crippen LogP) is 2.20. The number of hydrogen-bond donors (Lipinski definition) is 1. The standard InChI is InChI=1S/C14H19NO/c1-11(12-5-3-2-4-6-12)15-9-13(16)14(10-15)7-8-14/h2-6,11,13,16H,7-10H2,1H3/t11-,13?/m1/s1. The molecule has 0 aromatic heterocycles. The Morgan fingerprint density at radius 1 is 1.31 bits per heavy atom. The van der Waals surface area contributed by atoms with Crippen molar-refractivity contribution in [2.24, 2.45) is 5.41 Å². The van der Waals surface area contributed by atoms with Crippen molar-refractivity contribution in [3.63, 3.8) is 0 Å². The normalized spacial score (nSPS) is 29.5. The van der Waals surface area contributed by atoms with Crippen molar-refractivity contribution in [1.82, 2.24) is 4.90 Å². The second kappa shape index (κ2) is 3.57. The molecule has 2 fully saturated rings. The third kappa shape index (κ3) is 1.57. The largest absolute Gasteiger partial charge is 0.391 e. The van der Waals surface area contributed by atoms with Crippen LogP contribution in [0.5, 0.6) is 0 Å². The van der Waals surface area contributed by atoms with Crippen LogP contribution in [0.3, 0.4) is 0 Å². The molecule has 2 atom stereocenters. The summed E-state index contributed by atoms with van der Waals surface area (Å²) in [6.45, 7) is 4.16. The second-order valence-electron chi connectivity index (χ2n) is 5.39. The molecule has 2 aliphatic rings. The molecule has 0 amide bonds. The Morgan fingerprint density at radius 2 is 2.00 bits per heavy atom. The Hall–Kier alpha value is -0.860. The molecule has 1 aromatic rings. The average molecular weight is 217 g/mol. The van der Waals surface area contributed by atoms with Crippen molar-refractivity contribution in [3.05, 3.63) is 35.9 Å². The topological polar surface area (TPSA) is 23.5 Å². The zero-order valence-electron chi connectivity index (χ0n) is 9.76. The zero-order chi connectivity index (χ0) is 11.2. The quantitative estimate of drug-likeness (QED) is 0.821. The predicted molar refractivity (Wildman–Crippen MR) is 64.1 cm³/mol. The minimum absolute atomic E-state index is 0.0985. The Labute approximate surface area is 96.9 Å². The maximum atomic E-state index is 10.0. The first-order chi connectivity index (χ1) is 7.71. The summed E-state index contributed by atoms with van der Waals surface area (Å²) in [5.74, 6) is 0. The maximum Gasteiger partial charge on any atom is 0.0735 e. The van der Waals surface area contributed by atoms with Gasteiger partial charge in [0.05, 0.1) is 6.10 Å². The van der Waals surface area contributed by atoms with E-state index in [9.17, 15) is 5.11 Å². The number of benzene rings is 1. The van der Waals surface area contributed by atoms with Crippen molar-refractivity contribution in [3.8, 4) is 0 Å². The molecular formula is C14H19NO. The van der Waals surface area contributed by atoms with Gasteiger partial charge >= 0.3 is 0 Å². The Balaban J connectivity index is 1.75. The van der Waals surface area contributed by atoms with E-state index in [-0.39, 0.29) is 11.5 Å². The summed E-state index contributed by atoms with van der Waals surface area (Å²) in [6.07, 6.45) is 2.33. The van der Waals surface area contributed by atoms with Crippen LogP contribution in [0.4, 0.5) is 0 Å². The van der Waals surface area contributed by atoms with E-state index in [0.29, 0.717) is 6.04 Å². The first-order valence-electron chi connectivity index (χ1n) is 6.18. The highest BCUT2D eigenvalue weighted by Crippen LogP contribution is 2.54. The number of likely N-dealkylation sites (tertiary alicyclic amines) is 1. The van der Waals surface area contributed by atoms with Crippen LogP contribution in [-0.2, 0) is 0 Å². The molecule has 1 aromatic carbocycles. The minimum Gasteiger partial charge on any atom is -0.391 e. The van der Waals surface area contributed by atoms with Crippen LogP contribution in [-0.4, -0.2) is 29.2 Å². The summed E-state index contributed by atoms with van der Waals surface area (Å²) in [5.41, 5.74) is 1.62. The monoisotopic (exact) mass is 217 g/mol. The Kier molecular flexibility index (Phi) is 2.30. The molecule has 1 heterocycles. The fourth-order valence-corrected chi connectivity index (χ4v) is 2.88. The molecule has 0 radical (unpaired) electrons. The van der Waals surface area contributed by atoms with Gasteiger partial charge in [0.2, 0.25) is 0 Å². The van der Waals surface area contributed by atoms with Crippen molar-refractivity contribution >= 4 is 0 Å². The lowest BCUT2D eigenvalue weighted by Gasteiger charge is -2.24. The molecule has 3 rings (SSSR count). The number of aliphatic hydroxyl groups is 1. The van der Waals surface area contributed by atoms with E-state index in [4.69, 9.17) is 0 Å². The Morgan fingerprint density at radius 3 is 2.56 bits per heavy atom.